The molecule has 1 rings (SSSR count). The van der Waals surface area contributed by atoms with Crippen molar-refractivity contribution < 1.29 is 14.3 Å². The highest BCUT2D eigenvalue weighted by molar-refractivity contribution is 7.12. The van der Waals surface area contributed by atoms with Crippen LogP contribution >= 0.6 is 11.3 Å². The van der Waals surface area contributed by atoms with E-state index in [-0.39, 0.29) is 11.8 Å². The normalized spacial score (nSPS) is 9.93. The van der Waals surface area contributed by atoms with Gasteiger partial charge in [-0.3, -0.25) is 9.59 Å². The van der Waals surface area contributed by atoms with Crippen molar-refractivity contribution in [3.05, 3.63) is 22.4 Å². The third kappa shape index (κ3) is 4.25. The molecule has 0 aromatic carbocycles. The summed E-state index contributed by atoms with van der Waals surface area (Å²) >= 11 is 1.43. The lowest BCUT2D eigenvalue weighted by Crippen LogP contribution is -2.05. The average molecular weight is 226 g/mol. The Bertz CT molecular complexity index is 317. The summed E-state index contributed by atoms with van der Waals surface area (Å²) < 4.78 is 4.77. The molecule has 3 nitrogen and oxygen atoms in total. The van der Waals surface area contributed by atoms with Crippen LogP contribution in [0.1, 0.15) is 35.9 Å². The maximum atomic E-state index is 11.5. The largest absolute Gasteiger partial charge is 0.466 e. The third-order valence-electron chi connectivity index (χ3n) is 1.89. The minimum absolute atomic E-state index is 0.106. The van der Waals surface area contributed by atoms with Gasteiger partial charge in [-0.1, -0.05) is 6.07 Å². The number of esters is 1. The molecule has 15 heavy (non-hydrogen) atoms. The summed E-state index contributed by atoms with van der Waals surface area (Å²) in [6.45, 7) is 2.17. The van der Waals surface area contributed by atoms with Gasteiger partial charge in [0.2, 0.25) is 0 Å². The second-order valence-corrected chi connectivity index (χ2v) is 4.01. The number of Topliss-reactive ketones (excluding diaryl/α,β-unsaturated/α-hetero) is 1. The van der Waals surface area contributed by atoms with E-state index in [4.69, 9.17) is 4.74 Å². The van der Waals surface area contributed by atoms with Gasteiger partial charge in [-0.25, -0.2) is 0 Å². The van der Waals surface area contributed by atoms with Crippen LogP contribution < -0.4 is 0 Å². The van der Waals surface area contributed by atoms with Crippen molar-refractivity contribution in [2.45, 2.75) is 26.2 Å². The molecule has 0 amide bonds. The molecule has 82 valence electrons. The summed E-state index contributed by atoms with van der Waals surface area (Å²) in [6, 6.07) is 3.65. The second kappa shape index (κ2) is 6.35. The molecule has 0 atom stereocenters. The van der Waals surface area contributed by atoms with Crippen LogP contribution in [0.3, 0.4) is 0 Å². The summed E-state index contributed by atoms with van der Waals surface area (Å²) in [4.78, 5) is 23.2. The molecule has 1 aromatic heterocycles. The zero-order valence-electron chi connectivity index (χ0n) is 8.69. The number of thiophene rings is 1. The predicted octanol–water partition coefficient (Wildman–Crippen LogP) is 2.66. The van der Waals surface area contributed by atoms with Crippen molar-refractivity contribution in [2.75, 3.05) is 6.61 Å². The Kier molecular flexibility index (Phi) is 5.04. The van der Waals surface area contributed by atoms with E-state index in [2.05, 4.69) is 0 Å². The summed E-state index contributed by atoms with van der Waals surface area (Å²) in [5.41, 5.74) is 0. The van der Waals surface area contributed by atoms with Gasteiger partial charge in [0.1, 0.15) is 0 Å². The summed E-state index contributed by atoms with van der Waals surface area (Å²) in [7, 11) is 0. The van der Waals surface area contributed by atoms with Crippen molar-refractivity contribution in [1.29, 1.82) is 0 Å². The molecule has 0 aliphatic carbocycles. The summed E-state index contributed by atoms with van der Waals surface area (Å²) in [6.07, 6.45) is 1.31. The number of carbonyl (C=O) groups excluding carboxylic acids is 2. The minimum atomic E-state index is -0.225. The van der Waals surface area contributed by atoms with Gasteiger partial charge in [0, 0.05) is 12.8 Å². The lowest BCUT2D eigenvalue weighted by Gasteiger charge is -2.00. The van der Waals surface area contributed by atoms with E-state index >= 15 is 0 Å². The van der Waals surface area contributed by atoms with Crippen LogP contribution in [0.2, 0.25) is 0 Å². The standard InChI is InChI=1S/C11H14O3S/c1-2-14-11(13)7-3-5-9(12)10-6-4-8-15-10/h4,6,8H,2-3,5,7H2,1H3. The lowest BCUT2D eigenvalue weighted by molar-refractivity contribution is -0.143. The smallest absolute Gasteiger partial charge is 0.305 e. The van der Waals surface area contributed by atoms with Crippen LogP contribution in [0.4, 0.5) is 0 Å². The van der Waals surface area contributed by atoms with E-state index < -0.39 is 0 Å². The molecule has 0 saturated heterocycles. The molecule has 0 spiro atoms. The topological polar surface area (TPSA) is 43.4 Å². The third-order valence-corrected chi connectivity index (χ3v) is 2.80. The predicted molar refractivity (Wildman–Crippen MR) is 59.1 cm³/mol. The Labute approximate surface area is 93.1 Å². The molecule has 0 unspecified atom stereocenters. The molecule has 0 saturated carbocycles. The first-order valence-electron chi connectivity index (χ1n) is 4.96. The molecule has 0 aliphatic heterocycles. The molecule has 0 fully saturated rings. The first kappa shape index (κ1) is 11.9. The molecular weight excluding hydrogens is 212 g/mol. The Balaban J connectivity index is 2.21. The van der Waals surface area contributed by atoms with E-state index in [1.807, 2.05) is 11.4 Å². The number of carbonyl (C=O) groups is 2. The van der Waals surface area contributed by atoms with Gasteiger partial charge in [0.05, 0.1) is 11.5 Å². The number of ketones is 1. The van der Waals surface area contributed by atoms with Crippen molar-refractivity contribution in [3.8, 4) is 0 Å². The molecule has 0 aliphatic rings. The fourth-order valence-corrected chi connectivity index (χ4v) is 1.88. The van der Waals surface area contributed by atoms with Gasteiger partial charge in [0.25, 0.3) is 0 Å². The minimum Gasteiger partial charge on any atom is -0.466 e. The molecule has 0 radical (unpaired) electrons. The molecule has 1 aromatic rings. The van der Waals surface area contributed by atoms with Gasteiger partial charge < -0.3 is 4.74 Å². The van der Waals surface area contributed by atoms with Gasteiger partial charge in [-0.05, 0) is 24.8 Å². The highest BCUT2D eigenvalue weighted by Crippen LogP contribution is 2.13. The van der Waals surface area contributed by atoms with Crippen molar-refractivity contribution >= 4 is 23.1 Å². The van der Waals surface area contributed by atoms with Crippen molar-refractivity contribution in [2.24, 2.45) is 0 Å². The summed E-state index contributed by atoms with van der Waals surface area (Å²) in [5, 5.41) is 1.87. The number of rotatable bonds is 6. The van der Waals surface area contributed by atoms with Gasteiger partial charge in [0.15, 0.2) is 5.78 Å². The Morgan fingerprint density at radius 2 is 2.20 bits per heavy atom. The quantitative estimate of drug-likeness (QED) is 0.553. The van der Waals surface area contributed by atoms with Crippen LogP contribution in [-0.2, 0) is 9.53 Å². The van der Waals surface area contributed by atoms with Gasteiger partial charge in [-0.15, -0.1) is 11.3 Å². The van der Waals surface area contributed by atoms with E-state index in [9.17, 15) is 9.59 Å². The second-order valence-electron chi connectivity index (χ2n) is 3.06. The average Bonchev–Trinajstić information content (AvgIpc) is 2.70. The molecular formula is C11H14O3S. The van der Waals surface area contributed by atoms with Crippen LogP contribution in [0, 0.1) is 0 Å². The van der Waals surface area contributed by atoms with Crippen LogP contribution in [0.25, 0.3) is 0 Å². The molecule has 1 heterocycles. The van der Waals surface area contributed by atoms with E-state index in [0.717, 1.165) is 4.88 Å². The van der Waals surface area contributed by atoms with Crippen molar-refractivity contribution in [3.63, 3.8) is 0 Å². The SMILES string of the molecule is CCOC(=O)CCCC(=O)c1cccs1. The van der Waals surface area contributed by atoms with Crippen LogP contribution in [0.15, 0.2) is 17.5 Å². The maximum Gasteiger partial charge on any atom is 0.305 e. The Morgan fingerprint density at radius 1 is 1.40 bits per heavy atom. The molecule has 0 bridgehead atoms. The number of ether oxygens (including phenoxy) is 1. The fourth-order valence-electron chi connectivity index (χ4n) is 1.19. The first-order chi connectivity index (χ1) is 7.24. The zero-order valence-corrected chi connectivity index (χ0v) is 9.51. The Hall–Kier alpha value is -1.16. The zero-order chi connectivity index (χ0) is 11.1. The van der Waals surface area contributed by atoms with E-state index in [1.54, 1.807) is 13.0 Å². The van der Waals surface area contributed by atoms with Crippen LogP contribution in [0.5, 0.6) is 0 Å². The molecule has 0 N–H and O–H groups in total. The Morgan fingerprint density at radius 3 is 2.80 bits per heavy atom. The van der Waals surface area contributed by atoms with Gasteiger partial charge >= 0.3 is 5.97 Å². The van der Waals surface area contributed by atoms with Gasteiger partial charge in [-0.2, -0.15) is 0 Å². The lowest BCUT2D eigenvalue weighted by atomic mass is 10.1. The van der Waals surface area contributed by atoms with Crippen molar-refractivity contribution in [1.82, 2.24) is 0 Å². The summed E-state index contributed by atoms with van der Waals surface area (Å²) in [5.74, 6) is -0.120. The maximum absolute atomic E-state index is 11.5. The first-order valence-corrected chi connectivity index (χ1v) is 5.84. The van der Waals surface area contributed by atoms with E-state index in [0.29, 0.717) is 25.9 Å². The highest BCUT2D eigenvalue weighted by atomic mass is 32.1. The number of hydrogen-bond acceptors (Lipinski definition) is 4. The van der Waals surface area contributed by atoms with E-state index in [1.165, 1.54) is 11.3 Å². The van der Waals surface area contributed by atoms with Crippen LogP contribution in [-0.4, -0.2) is 18.4 Å². The molecule has 4 heteroatoms. The highest BCUT2D eigenvalue weighted by Gasteiger charge is 2.08. The fraction of sp³-hybridized carbons (Fsp3) is 0.455. The number of hydrogen-bond donors (Lipinski definition) is 0. The monoisotopic (exact) mass is 226 g/mol.